The van der Waals surface area contributed by atoms with E-state index in [0.29, 0.717) is 28.0 Å². The number of benzene rings is 2. The third kappa shape index (κ3) is 9.51. The maximum Gasteiger partial charge on any atom is 0.408 e. The zero-order chi connectivity index (χ0) is 40.3. The molecule has 4 heterocycles. The minimum atomic E-state index is -0.726. The largest absolute Gasteiger partial charge is 0.444 e. The van der Waals surface area contributed by atoms with Crippen LogP contribution in [0.1, 0.15) is 117 Å². The van der Waals surface area contributed by atoms with Gasteiger partial charge in [-0.2, -0.15) is 10.2 Å². The number of nitrogens with zero attached hydrogens (tertiary/aromatic N) is 2. The summed E-state index contributed by atoms with van der Waals surface area (Å²) in [5.41, 5.74) is 15.5. The molecule has 17 heteroatoms. The Hall–Kier alpha value is -5.74. The molecule has 4 aromatic rings. The molecule has 0 spiro atoms. The minimum Gasteiger partial charge on any atom is -0.444 e. The molecular formula is C41H51ClN10O6. The molecule has 58 heavy (non-hydrogen) atoms. The van der Waals surface area contributed by atoms with Crippen LogP contribution in [0.3, 0.4) is 0 Å². The van der Waals surface area contributed by atoms with Gasteiger partial charge in [-0.1, -0.05) is 38.5 Å². The first-order valence-electron chi connectivity index (χ1n) is 19.7. The number of hydrogen-bond acceptors (Lipinski definition) is 9. The van der Waals surface area contributed by atoms with Crippen molar-refractivity contribution in [1.29, 1.82) is 0 Å². The van der Waals surface area contributed by atoms with Gasteiger partial charge in [-0.25, -0.2) is 15.6 Å². The van der Waals surface area contributed by atoms with Crippen LogP contribution in [0.25, 0.3) is 21.8 Å². The number of amides is 5. The number of carbonyl (C=O) groups is 5. The Balaban J connectivity index is 0.000000198. The van der Waals surface area contributed by atoms with Crippen LogP contribution in [0.4, 0.5) is 16.2 Å². The molecule has 4 aliphatic rings. The maximum atomic E-state index is 13.3. The van der Waals surface area contributed by atoms with Crippen LogP contribution in [-0.2, 0) is 14.3 Å². The van der Waals surface area contributed by atoms with Crippen LogP contribution in [0.5, 0.6) is 0 Å². The number of aromatic nitrogens is 2. The van der Waals surface area contributed by atoms with Crippen LogP contribution in [-0.4, -0.2) is 69.8 Å². The molecule has 0 unspecified atom stereocenters. The molecule has 2 saturated carbocycles. The summed E-state index contributed by atoms with van der Waals surface area (Å²) in [6.45, 7) is 5.35. The number of nitrogens with two attached hydrogens (primary N) is 1. The number of alkyl carbamates (subject to hydrolysis) is 1. The highest BCUT2D eigenvalue weighted by atomic mass is 35.5. The Morgan fingerprint density at radius 3 is 1.67 bits per heavy atom. The highest BCUT2D eigenvalue weighted by molar-refractivity contribution is 6.17. The average Bonchev–Trinajstić information content (AvgIpc) is 3.70. The molecule has 308 valence electrons. The number of rotatable bonds is 7. The Morgan fingerprint density at radius 2 is 1.19 bits per heavy atom. The lowest BCUT2D eigenvalue weighted by molar-refractivity contribution is -0.120. The van der Waals surface area contributed by atoms with Gasteiger partial charge in [-0.3, -0.25) is 19.2 Å². The van der Waals surface area contributed by atoms with Crippen LogP contribution in [0.15, 0.2) is 46.9 Å². The van der Waals surface area contributed by atoms with Crippen LogP contribution in [0, 0.1) is 11.8 Å². The summed E-state index contributed by atoms with van der Waals surface area (Å²) in [4.78, 5) is 69.2. The SMILES string of the molecule is CC(C)(C)OC(=O)N[C@@H](C(=O)Nc1cc2c3c(c[nH]c3c1)C=NNC2=O)C1CCCCC1.Cl.N[C@@H](C(=O)Nc1cc2c3c(c[nH]c3c1)C=NNC2=O)C1CCCCC1. The maximum absolute atomic E-state index is 13.3. The number of anilines is 2. The third-order valence-corrected chi connectivity index (χ3v) is 10.9. The molecule has 9 N–H and O–H groups in total. The number of halogens is 1. The van der Waals surface area contributed by atoms with E-state index in [9.17, 15) is 24.0 Å². The van der Waals surface area contributed by atoms with Crippen molar-refractivity contribution in [1.82, 2.24) is 26.1 Å². The molecule has 2 aromatic heterocycles. The van der Waals surface area contributed by atoms with Crippen LogP contribution in [0.2, 0.25) is 0 Å². The number of aromatic amines is 2. The van der Waals surface area contributed by atoms with Gasteiger partial charge in [0.25, 0.3) is 11.8 Å². The summed E-state index contributed by atoms with van der Waals surface area (Å²) in [6, 6.07) is 5.66. The van der Waals surface area contributed by atoms with Crippen molar-refractivity contribution in [2.45, 2.75) is 103 Å². The number of ether oxygens (including phenoxy) is 1. The standard InChI is InChI=1S/C23H29N5O4.C18H21N5O2.ClH/c1-23(2,3)32-22(31)27-19(13-7-5-4-6-8-13)21(30)26-15-9-16-18-14(11-24-17(18)10-15)12-25-28-20(16)29;19-16(10-4-2-1-3-5-10)18(25)22-12-6-13-15-11(8-20-14(15)7-12)9-21-23-17(13)24;/h9-13,19,24H,4-8H2,1-3H3,(H,26,30)(H,27,31)(H,28,29);6-10,16,20H,1-5,19H2,(H,22,25)(H,23,24);1H/t19-;16-;/m11./s1. The molecule has 8 rings (SSSR count). The van der Waals surface area contributed by atoms with E-state index in [0.717, 1.165) is 85.2 Å². The topological polar surface area (TPSA) is 237 Å². The van der Waals surface area contributed by atoms with Crippen LogP contribution >= 0.6 is 12.4 Å². The van der Waals surface area contributed by atoms with Gasteiger partial charge in [0.2, 0.25) is 11.8 Å². The van der Waals surface area contributed by atoms with Crippen molar-refractivity contribution in [3.05, 3.63) is 58.9 Å². The Bertz CT molecular complexity index is 2260. The fourth-order valence-electron chi connectivity index (χ4n) is 8.19. The second-order valence-corrected chi connectivity index (χ2v) is 16.2. The molecule has 2 atom stereocenters. The lowest BCUT2D eigenvalue weighted by Gasteiger charge is -2.31. The number of H-pyrrole nitrogens is 2. The highest BCUT2D eigenvalue weighted by Crippen LogP contribution is 2.32. The number of carbonyl (C=O) groups excluding carboxylic acids is 5. The van der Waals surface area contributed by atoms with E-state index in [1.54, 1.807) is 63.8 Å². The van der Waals surface area contributed by atoms with Gasteiger partial charge >= 0.3 is 6.09 Å². The second-order valence-electron chi connectivity index (χ2n) is 16.2. The molecule has 16 nitrogen and oxygen atoms in total. The van der Waals surface area contributed by atoms with E-state index in [1.807, 2.05) is 6.07 Å². The van der Waals surface area contributed by atoms with Crippen molar-refractivity contribution < 1.29 is 28.7 Å². The van der Waals surface area contributed by atoms with Crippen molar-refractivity contribution in [2.24, 2.45) is 27.8 Å². The summed E-state index contributed by atoms with van der Waals surface area (Å²) < 4.78 is 5.39. The first kappa shape index (κ1) is 41.9. The fraction of sp³-hybridized carbons (Fsp3) is 0.439. The van der Waals surface area contributed by atoms with Gasteiger partial charge in [0.15, 0.2) is 0 Å². The van der Waals surface area contributed by atoms with Crippen LogP contribution < -0.4 is 32.5 Å². The van der Waals surface area contributed by atoms with Gasteiger partial charge in [0, 0.05) is 56.7 Å². The summed E-state index contributed by atoms with van der Waals surface area (Å²) >= 11 is 0. The minimum absolute atomic E-state index is 0. The second kappa shape index (κ2) is 17.8. The summed E-state index contributed by atoms with van der Waals surface area (Å²) in [6.07, 6.45) is 16.5. The van der Waals surface area contributed by atoms with E-state index in [4.69, 9.17) is 10.5 Å². The first-order chi connectivity index (χ1) is 27.3. The first-order valence-corrected chi connectivity index (χ1v) is 19.7. The normalized spacial score (nSPS) is 17.7. The van der Waals surface area contributed by atoms with Crippen molar-refractivity contribution in [3.8, 4) is 0 Å². The van der Waals surface area contributed by atoms with Gasteiger partial charge in [0.1, 0.15) is 11.6 Å². The summed E-state index contributed by atoms with van der Waals surface area (Å²) in [5.74, 6) is -0.922. The Kier molecular flexibility index (Phi) is 12.9. The smallest absolute Gasteiger partial charge is 0.408 e. The average molecular weight is 815 g/mol. The van der Waals surface area contributed by atoms with E-state index in [2.05, 4.69) is 47.0 Å². The van der Waals surface area contributed by atoms with Crippen molar-refractivity contribution in [2.75, 3.05) is 10.6 Å². The predicted octanol–water partition coefficient (Wildman–Crippen LogP) is 6.17. The molecule has 2 aromatic carbocycles. The zero-order valence-electron chi connectivity index (χ0n) is 32.8. The molecular weight excluding hydrogens is 764 g/mol. The van der Waals surface area contributed by atoms with Gasteiger partial charge in [0.05, 0.1) is 29.6 Å². The van der Waals surface area contributed by atoms with Gasteiger partial charge in [-0.05, 0) is 82.6 Å². The third-order valence-electron chi connectivity index (χ3n) is 10.9. The Labute approximate surface area is 341 Å². The monoisotopic (exact) mass is 814 g/mol. The molecule has 0 bridgehead atoms. The van der Waals surface area contributed by atoms with Gasteiger partial charge in [-0.15, -0.1) is 12.4 Å². The number of nitrogens with one attached hydrogen (secondary N) is 7. The lowest BCUT2D eigenvalue weighted by atomic mass is 9.83. The van der Waals surface area contributed by atoms with Gasteiger partial charge < -0.3 is 36.4 Å². The molecule has 2 aliphatic carbocycles. The fourth-order valence-corrected chi connectivity index (χ4v) is 8.19. The highest BCUT2D eigenvalue weighted by Gasteiger charge is 2.33. The summed E-state index contributed by atoms with van der Waals surface area (Å²) in [5, 5.41) is 17.9. The van der Waals surface area contributed by atoms with E-state index >= 15 is 0 Å². The predicted molar refractivity (Wildman–Crippen MR) is 226 cm³/mol. The van der Waals surface area contributed by atoms with E-state index < -0.39 is 23.8 Å². The molecule has 2 aliphatic heterocycles. The van der Waals surface area contributed by atoms with E-state index in [-0.39, 0.29) is 47.9 Å². The summed E-state index contributed by atoms with van der Waals surface area (Å²) in [7, 11) is 0. The van der Waals surface area contributed by atoms with E-state index in [1.165, 1.54) is 6.42 Å². The molecule has 0 radical (unpaired) electrons. The molecule has 2 fully saturated rings. The number of hydrogen-bond donors (Lipinski definition) is 8. The van der Waals surface area contributed by atoms with Crippen molar-refractivity contribution >= 4 is 87.7 Å². The van der Waals surface area contributed by atoms with Crippen molar-refractivity contribution in [3.63, 3.8) is 0 Å². The zero-order valence-corrected chi connectivity index (χ0v) is 33.6. The quantitative estimate of drug-likeness (QED) is 0.108. The lowest BCUT2D eigenvalue weighted by Crippen LogP contribution is -2.50. The number of hydrazone groups is 2. The molecule has 5 amide bonds. The Morgan fingerprint density at radius 1 is 0.724 bits per heavy atom. The molecule has 0 saturated heterocycles.